The van der Waals surface area contributed by atoms with Crippen molar-refractivity contribution in [2.45, 2.75) is 37.6 Å². The molecule has 2 fully saturated rings. The van der Waals surface area contributed by atoms with Crippen LogP contribution in [0.15, 0.2) is 12.1 Å². The second kappa shape index (κ2) is 8.16. The van der Waals surface area contributed by atoms with Crippen LogP contribution in [0.4, 0.5) is 5.82 Å². The molecular weight excluding hydrogens is 322 g/mol. The van der Waals surface area contributed by atoms with Crippen molar-refractivity contribution in [2.24, 2.45) is 0 Å². The first-order chi connectivity index (χ1) is 11.7. The van der Waals surface area contributed by atoms with Crippen LogP contribution in [-0.2, 0) is 0 Å². The summed E-state index contributed by atoms with van der Waals surface area (Å²) in [7, 11) is 1.60. The summed E-state index contributed by atoms with van der Waals surface area (Å²) in [6.07, 6.45) is 6.49. The molecule has 0 aromatic carbocycles. The van der Waals surface area contributed by atoms with Crippen molar-refractivity contribution in [1.29, 1.82) is 0 Å². The quantitative estimate of drug-likeness (QED) is 0.847. The number of nitrogens with zero attached hydrogens (tertiary/aromatic N) is 3. The van der Waals surface area contributed by atoms with Gasteiger partial charge in [0.2, 0.25) is 0 Å². The Kier molecular flexibility index (Phi) is 5.94. The van der Waals surface area contributed by atoms with Crippen LogP contribution in [0.2, 0.25) is 0 Å². The summed E-state index contributed by atoms with van der Waals surface area (Å²) in [6.45, 7) is 3.28. The highest BCUT2D eigenvalue weighted by Gasteiger charge is 2.38. The molecule has 1 aliphatic heterocycles. The lowest BCUT2D eigenvalue weighted by Crippen LogP contribution is -2.57. The van der Waals surface area contributed by atoms with E-state index in [0.29, 0.717) is 5.69 Å². The van der Waals surface area contributed by atoms with E-state index in [1.165, 1.54) is 56.7 Å². The third kappa shape index (κ3) is 4.00. The Morgan fingerprint density at radius 1 is 1.21 bits per heavy atom. The highest BCUT2D eigenvalue weighted by molar-refractivity contribution is 7.99. The fourth-order valence-electron chi connectivity index (χ4n) is 3.78. The largest absolute Gasteiger partial charge is 0.367 e. The van der Waals surface area contributed by atoms with E-state index in [1.807, 2.05) is 6.07 Å². The average Bonchev–Trinajstić information content (AvgIpc) is 2.67. The molecule has 2 aliphatic rings. The molecule has 1 saturated heterocycles. The normalized spacial score (nSPS) is 21.2. The zero-order chi connectivity index (χ0) is 16.8. The first-order valence-corrected chi connectivity index (χ1v) is 10.0. The van der Waals surface area contributed by atoms with Crippen LogP contribution in [0.3, 0.4) is 0 Å². The number of hydrogen-bond donors (Lipinski definition) is 2. The summed E-state index contributed by atoms with van der Waals surface area (Å²) >= 11 is 2.06. The number of hydrogen-bond acceptors (Lipinski definition) is 6. The number of amides is 1. The number of nitrogens with one attached hydrogen (secondary N) is 2. The molecule has 1 saturated carbocycles. The standard InChI is InChI=1S/C17H27N5OS/c1-18-16(23)14-5-6-15(21-20-14)19-13-17(7-3-2-4-8-17)22-9-11-24-12-10-22/h5-6H,2-4,7-13H2,1H3,(H,18,23)(H,19,21). The Hall–Kier alpha value is -1.34. The van der Waals surface area contributed by atoms with Gasteiger partial charge in [-0.2, -0.15) is 11.8 Å². The van der Waals surface area contributed by atoms with Gasteiger partial charge in [-0.3, -0.25) is 9.69 Å². The van der Waals surface area contributed by atoms with Crippen molar-refractivity contribution >= 4 is 23.5 Å². The Labute approximate surface area is 148 Å². The van der Waals surface area contributed by atoms with Crippen molar-refractivity contribution in [3.8, 4) is 0 Å². The summed E-state index contributed by atoms with van der Waals surface area (Å²) in [6, 6.07) is 3.57. The van der Waals surface area contributed by atoms with Crippen molar-refractivity contribution in [3.05, 3.63) is 17.8 Å². The minimum Gasteiger partial charge on any atom is -0.367 e. The maximum absolute atomic E-state index is 11.5. The Morgan fingerprint density at radius 2 is 1.96 bits per heavy atom. The van der Waals surface area contributed by atoms with Crippen LogP contribution in [-0.4, -0.2) is 64.7 Å². The Bertz CT molecular complexity index is 538. The first kappa shape index (κ1) is 17.5. The fourth-order valence-corrected chi connectivity index (χ4v) is 4.69. The summed E-state index contributed by atoms with van der Waals surface area (Å²) in [5.41, 5.74) is 0.601. The van der Waals surface area contributed by atoms with E-state index in [4.69, 9.17) is 0 Å². The monoisotopic (exact) mass is 349 g/mol. The van der Waals surface area contributed by atoms with E-state index in [0.717, 1.165) is 12.4 Å². The van der Waals surface area contributed by atoms with Gasteiger partial charge < -0.3 is 10.6 Å². The van der Waals surface area contributed by atoms with Crippen LogP contribution in [0.25, 0.3) is 0 Å². The van der Waals surface area contributed by atoms with Crippen LogP contribution < -0.4 is 10.6 Å². The molecular formula is C17H27N5OS. The predicted octanol–water partition coefficient (Wildman–Crippen LogP) is 2.00. The third-order valence-corrected chi connectivity index (χ3v) is 6.13. The van der Waals surface area contributed by atoms with Gasteiger partial charge in [-0.15, -0.1) is 10.2 Å². The van der Waals surface area contributed by atoms with Crippen LogP contribution >= 0.6 is 11.8 Å². The summed E-state index contributed by atoms with van der Waals surface area (Å²) in [4.78, 5) is 14.2. The number of thioether (sulfide) groups is 1. The molecule has 1 aromatic heterocycles. The second-order valence-corrected chi connectivity index (χ2v) is 7.85. The number of rotatable bonds is 5. The predicted molar refractivity (Wildman–Crippen MR) is 98.6 cm³/mol. The Morgan fingerprint density at radius 3 is 2.58 bits per heavy atom. The minimum atomic E-state index is -0.205. The molecule has 0 spiro atoms. The Balaban J connectivity index is 1.65. The zero-order valence-corrected chi connectivity index (χ0v) is 15.2. The highest BCUT2D eigenvalue weighted by Crippen LogP contribution is 2.35. The van der Waals surface area contributed by atoms with Gasteiger partial charge in [-0.25, -0.2) is 0 Å². The first-order valence-electron chi connectivity index (χ1n) is 8.86. The summed E-state index contributed by atoms with van der Waals surface area (Å²) in [5.74, 6) is 3.02. The van der Waals surface area contributed by atoms with Crippen molar-refractivity contribution in [2.75, 3.05) is 43.5 Å². The van der Waals surface area contributed by atoms with E-state index >= 15 is 0 Å². The molecule has 1 aliphatic carbocycles. The van der Waals surface area contributed by atoms with E-state index in [2.05, 4.69) is 37.5 Å². The molecule has 0 unspecified atom stereocenters. The van der Waals surface area contributed by atoms with Gasteiger partial charge >= 0.3 is 0 Å². The number of carbonyl (C=O) groups is 1. The van der Waals surface area contributed by atoms with Crippen LogP contribution in [0, 0.1) is 0 Å². The number of aromatic nitrogens is 2. The fraction of sp³-hybridized carbons (Fsp3) is 0.706. The lowest BCUT2D eigenvalue weighted by molar-refractivity contribution is 0.0706. The van der Waals surface area contributed by atoms with E-state index in [9.17, 15) is 4.79 Å². The van der Waals surface area contributed by atoms with Crippen molar-refractivity contribution in [3.63, 3.8) is 0 Å². The van der Waals surface area contributed by atoms with Gasteiger partial charge in [-0.05, 0) is 25.0 Å². The van der Waals surface area contributed by atoms with Crippen molar-refractivity contribution in [1.82, 2.24) is 20.4 Å². The second-order valence-electron chi connectivity index (χ2n) is 6.62. The summed E-state index contributed by atoms with van der Waals surface area (Å²) < 4.78 is 0. The molecule has 1 amide bonds. The molecule has 24 heavy (non-hydrogen) atoms. The molecule has 132 valence electrons. The molecule has 3 rings (SSSR count). The zero-order valence-electron chi connectivity index (χ0n) is 14.4. The average molecular weight is 350 g/mol. The lowest BCUT2D eigenvalue weighted by atomic mass is 9.80. The SMILES string of the molecule is CNC(=O)c1ccc(NCC2(N3CCSCC3)CCCCC2)nn1. The van der Waals surface area contributed by atoms with E-state index in [-0.39, 0.29) is 11.4 Å². The van der Waals surface area contributed by atoms with Crippen LogP contribution in [0.1, 0.15) is 42.6 Å². The molecule has 2 heterocycles. The van der Waals surface area contributed by atoms with Gasteiger partial charge in [0.15, 0.2) is 5.69 Å². The van der Waals surface area contributed by atoms with Gasteiger partial charge in [0, 0.05) is 43.7 Å². The topological polar surface area (TPSA) is 70.2 Å². The number of carbonyl (C=O) groups excluding carboxylic acids is 1. The molecule has 0 atom stereocenters. The van der Waals surface area contributed by atoms with Gasteiger partial charge in [0.05, 0.1) is 0 Å². The molecule has 7 heteroatoms. The highest BCUT2D eigenvalue weighted by atomic mass is 32.2. The molecule has 6 nitrogen and oxygen atoms in total. The summed E-state index contributed by atoms with van der Waals surface area (Å²) in [5, 5.41) is 14.2. The van der Waals surface area contributed by atoms with E-state index in [1.54, 1.807) is 13.1 Å². The smallest absolute Gasteiger partial charge is 0.271 e. The lowest BCUT2D eigenvalue weighted by Gasteiger charge is -2.48. The molecule has 2 N–H and O–H groups in total. The molecule has 0 radical (unpaired) electrons. The van der Waals surface area contributed by atoms with Gasteiger partial charge in [0.25, 0.3) is 5.91 Å². The van der Waals surface area contributed by atoms with Gasteiger partial charge in [-0.1, -0.05) is 19.3 Å². The maximum atomic E-state index is 11.5. The molecule has 0 bridgehead atoms. The molecule has 1 aromatic rings. The minimum absolute atomic E-state index is 0.205. The van der Waals surface area contributed by atoms with Crippen molar-refractivity contribution < 1.29 is 4.79 Å². The van der Waals surface area contributed by atoms with Crippen LogP contribution in [0.5, 0.6) is 0 Å². The van der Waals surface area contributed by atoms with E-state index < -0.39 is 0 Å². The third-order valence-electron chi connectivity index (χ3n) is 5.19. The number of anilines is 1. The maximum Gasteiger partial charge on any atom is 0.271 e. The van der Waals surface area contributed by atoms with Gasteiger partial charge in [0.1, 0.15) is 5.82 Å².